The number of allylic oxidation sites excluding steroid dienone is 1. The van der Waals surface area contributed by atoms with E-state index in [1.54, 1.807) is 0 Å². The second-order valence-corrected chi connectivity index (χ2v) is 2.79. The van der Waals surface area contributed by atoms with E-state index in [1.807, 2.05) is 6.07 Å². The van der Waals surface area contributed by atoms with Crippen molar-refractivity contribution in [1.29, 1.82) is 5.26 Å². The SMILES string of the molecule is COCCOC1(F)C=NC(C#N)=CC1. The molecular weight excluding hydrogens is 187 g/mol. The van der Waals surface area contributed by atoms with Crippen molar-refractivity contribution in [1.82, 2.24) is 0 Å². The van der Waals surface area contributed by atoms with E-state index in [0.29, 0.717) is 6.61 Å². The molecule has 5 heteroatoms. The number of hydrogen-bond donors (Lipinski definition) is 0. The van der Waals surface area contributed by atoms with Crippen LogP contribution in [-0.4, -0.2) is 32.4 Å². The van der Waals surface area contributed by atoms with E-state index in [-0.39, 0.29) is 18.7 Å². The molecule has 1 aliphatic heterocycles. The molecule has 1 heterocycles. The Labute approximate surface area is 81.6 Å². The summed E-state index contributed by atoms with van der Waals surface area (Å²) in [5.74, 6) is -1.89. The Hall–Kier alpha value is -1.25. The summed E-state index contributed by atoms with van der Waals surface area (Å²) in [4.78, 5) is 3.61. The third-order valence-electron chi connectivity index (χ3n) is 1.71. The molecule has 14 heavy (non-hydrogen) atoms. The quantitative estimate of drug-likeness (QED) is 0.638. The Bertz CT molecular complexity index is 296. The van der Waals surface area contributed by atoms with Gasteiger partial charge in [-0.25, -0.2) is 9.38 Å². The monoisotopic (exact) mass is 198 g/mol. The summed E-state index contributed by atoms with van der Waals surface area (Å²) >= 11 is 0. The van der Waals surface area contributed by atoms with Crippen LogP contribution in [0.25, 0.3) is 0 Å². The minimum Gasteiger partial charge on any atom is -0.382 e. The molecule has 0 bridgehead atoms. The highest BCUT2D eigenvalue weighted by atomic mass is 19.2. The number of halogens is 1. The summed E-state index contributed by atoms with van der Waals surface area (Å²) < 4.78 is 23.2. The van der Waals surface area contributed by atoms with Gasteiger partial charge in [-0.2, -0.15) is 5.26 Å². The molecule has 1 atom stereocenters. The van der Waals surface area contributed by atoms with Crippen LogP contribution in [0.5, 0.6) is 0 Å². The van der Waals surface area contributed by atoms with Crippen molar-refractivity contribution in [2.75, 3.05) is 20.3 Å². The second-order valence-electron chi connectivity index (χ2n) is 2.79. The molecule has 0 saturated carbocycles. The standard InChI is InChI=1S/C9H11FN2O2/c1-13-4-5-14-9(10)3-2-8(6-11)12-7-9/h2,7H,3-5H2,1H3. The zero-order valence-electron chi connectivity index (χ0n) is 7.86. The Morgan fingerprint density at radius 1 is 1.71 bits per heavy atom. The summed E-state index contributed by atoms with van der Waals surface area (Å²) in [6, 6.07) is 1.83. The van der Waals surface area contributed by atoms with Crippen LogP contribution in [0.3, 0.4) is 0 Å². The van der Waals surface area contributed by atoms with Gasteiger partial charge in [0.25, 0.3) is 0 Å². The van der Waals surface area contributed by atoms with E-state index < -0.39 is 5.85 Å². The molecule has 0 aromatic rings. The van der Waals surface area contributed by atoms with Gasteiger partial charge in [-0.1, -0.05) is 0 Å². The van der Waals surface area contributed by atoms with Crippen molar-refractivity contribution in [2.24, 2.45) is 4.99 Å². The molecule has 0 amide bonds. The van der Waals surface area contributed by atoms with Gasteiger partial charge < -0.3 is 9.47 Å². The third kappa shape index (κ3) is 2.91. The third-order valence-corrected chi connectivity index (χ3v) is 1.71. The van der Waals surface area contributed by atoms with E-state index in [2.05, 4.69) is 4.99 Å². The molecule has 4 nitrogen and oxygen atoms in total. The number of nitriles is 1. The Morgan fingerprint density at radius 2 is 2.50 bits per heavy atom. The molecule has 0 radical (unpaired) electrons. The van der Waals surface area contributed by atoms with Crippen LogP contribution in [0.4, 0.5) is 4.39 Å². The van der Waals surface area contributed by atoms with Crippen LogP contribution in [0.1, 0.15) is 6.42 Å². The van der Waals surface area contributed by atoms with Gasteiger partial charge in [-0.15, -0.1) is 0 Å². The smallest absolute Gasteiger partial charge is 0.249 e. The highest BCUT2D eigenvalue weighted by molar-refractivity contribution is 5.70. The highest BCUT2D eigenvalue weighted by Gasteiger charge is 2.29. The van der Waals surface area contributed by atoms with Crippen molar-refractivity contribution in [3.8, 4) is 6.07 Å². The summed E-state index contributed by atoms with van der Waals surface area (Å²) in [6.45, 7) is 0.489. The molecule has 0 fully saturated rings. The van der Waals surface area contributed by atoms with E-state index in [0.717, 1.165) is 6.21 Å². The van der Waals surface area contributed by atoms with Crippen LogP contribution in [0.15, 0.2) is 16.8 Å². The molecule has 0 aliphatic carbocycles. The van der Waals surface area contributed by atoms with Gasteiger partial charge in [0.1, 0.15) is 11.8 Å². The first kappa shape index (κ1) is 10.8. The average molecular weight is 198 g/mol. The first-order valence-electron chi connectivity index (χ1n) is 4.17. The Balaban J connectivity index is 2.44. The number of ether oxygens (including phenoxy) is 2. The summed E-state index contributed by atoms with van der Waals surface area (Å²) in [5.41, 5.74) is 0.216. The maximum Gasteiger partial charge on any atom is 0.249 e. The lowest BCUT2D eigenvalue weighted by Crippen LogP contribution is -2.31. The number of methoxy groups -OCH3 is 1. The molecule has 0 spiro atoms. The maximum atomic E-state index is 13.6. The van der Waals surface area contributed by atoms with E-state index in [1.165, 1.54) is 13.2 Å². The number of aliphatic imine (C=N–C) groups is 1. The first-order chi connectivity index (χ1) is 6.70. The van der Waals surface area contributed by atoms with Crippen molar-refractivity contribution in [3.63, 3.8) is 0 Å². The summed E-state index contributed by atoms with van der Waals surface area (Å²) in [5, 5.41) is 8.46. The fourth-order valence-corrected chi connectivity index (χ4v) is 0.973. The topological polar surface area (TPSA) is 54.6 Å². The zero-order valence-corrected chi connectivity index (χ0v) is 7.86. The van der Waals surface area contributed by atoms with Crippen molar-refractivity contribution in [3.05, 3.63) is 11.8 Å². The predicted molar refractivity (Wildman–Crippen MR) is 48.5 cm³/mol. The molecule has 0 aromatic carbocycles. The van der Waals surface area contributed by atoms with Crippen molar-refractivity contribution in [2.45, 2.75) is 12.3 Å². The Kier molecular flexibility index (Phi) is 3.74. The normalized spacial score (nSPS) is 25.6. The van der Waals surface area contributed by atoms with Gasteiger partial charge in [0.15, 0.2) is 0 Å². The Morgan fingerprint density at radius 3 is 3.00 bits per heavy atom. The molecule has 0 N–H and O–H groups in total. The van der Waals surface area contributed by atoms with Gasteiger partial charge in [0.05, 0.1) is 19.4 Å². The maximum absolute atomic E-state index is 13.6. The van der Waals surface area contributed by atoms with Crippen molar-refractivity contribution >= 4 is 6.21 Å². The van der Waals surface area contributed by atoms with E-state index >= 15 is 0 Å². The molecule has 1 unspecified atom stereocenters. The van der Waals surface area contributed by atoms with Crippen LogP contribution in [0.2, 0.25) is 0 Å². The molecule has 0 saturated heterocycles. The minimum atomic E-state index is -1.89. The number of rotatable bonds is 4. The lowest BCUT2D eigenvalue weighted by atomic mass is 10.1. The molecule has 0 aromatic heterocycles. The number of nitrogens with zero attached hydrogens (tertiary/aromatic N) is 2. The fraction of sp³-hybridized carbons (Fsp3) is 0.556. The highest BCUT2D eigenvalue weighted by Crippen LogP contribution is 2.21. The van der Waals surface area contributed by atoms with Gasteiger partial charge in [-0.05, 0) is 6.08 Å². The number of hydrogen-bond acceptors (Lipinski definition) is 4. The number of alkyl halides is 1. The summed E-state index contributed by atoms with van der Waals surface area (Å²) in [7, 11) is 1.51. The van der Waals surface area contributed by atoms with Crippen molar-refractivity contribution < 1.29 is 13.9 Å². The van der Waals surface area contributed by atoms with Crippen LogP contribution in [-0.2, 0) is 9.47 Å². The fourth-order valence-electron chi connectivity index (χ4n) is 0.973. The van der Waals surface area contributed by atoms with Crippen LogP contribution >= 0.6 is 0 Å². The first-order valence-corrected chi connectivity index (χ1v) is 4.17. The lowest BCUT2D eigenvalue weighted by Gasteiger charge is -2.21. The van der Waals surface area contributed by atoms with Crippen LogP contribution in [0, 0.1) is 11.3 Å². The van der Waals surface area contributed by atoms with Gasteiger partial charge in [-0.3, -0.25) is 0 Å². The minimum absolute atomic E-state index is 0.0170. The van der Waals surface area contributed by atoms with Gasteiger partial charge >= 0.3 is 0 Å². The average Bonchev–Trinajstić information content (AvgIpc) is 2.19. The van der Waals surface area contributed by atoms with Gasteiger partial charge in [0.2, 0.25) is 5.85 Å². The lowest BCUT2D eigenvalue weighted by molar-refractivity contribution is -0.0963. The zero-order chi connectivity index (χ0) is 10.4. The predicted octanol–water partition coefficient (Wildman–Crippen LogP) is 1.20. The molecule has 1 aliphatic rings. The van der Waals surface area contributed by atoms with Gasteiger partial charge in [0, 0.05) is 13.5 Å². The van der Waals surface area contributed by atoms with Crippen LogP contribution < -0.4 is 0 Å². The molecule has 1 rings (SSSR count). The molecular formula is C9H11FN2O2. The second kappa shape index (κ2) is 4.84. The summed E-state index contributed by atoms with van der Waals surface area (Å²) in [6.07, 6.45) is 2.44. The van der Waals surface area contributed by atoms with E-state index in [9.17, 15) is 4.39 Å². The largest absolute Gasteiger partial charge is 0.382 e. The van der Waals surface area contributed by atoms with E-state index in [4.69, 9.17) is 14.7 Å². The molecule has 76 valence electrons.